The fraction of sp³-hybridized carbons (Fsp3) is 0.167. The number of hydrogen-bond acceptors (Lipinski definition) is 7. The molecule has 0 amide bonds. The highest BCUT2D eigenvalue weighted by Gasteiger charge is 2.07. The first-order valence-corrected chi connectivity index (χ1v) is 11.4. The second kappa shape index (κ2) is 14.7. The molecular formula is C30H30O7. The van der Waals surface area contributed by atoms with Gasteiger partial charge in [0.05, 0.1) is 14.2 Å². The lowest BCUT2D eigenvalue weighted by Crippen LogP contribution is -1.95. The quantitative estimate of drug-likeness (QED) is 0.378. The Morgan fingerprint density at radius 1 is 0.811 bits per heavy atom. The first kappa shape index (κ1) is 28.6. The number of aromatic hydroxyl groups is 2. The zero-order chi connectivity index (χ0) is 27.2. The predicted octanol–water partition coefficient (Wildman–Crippen LogP) is 5.54. The molecule has 2 aromatic carbocycles. The molecule has 7 nitrogen and oxygen atoms in total. The molecule has 0 saturated carbocycles. The molecular weight excluding hydrogens is 472 g/mol. The van der Waals surface area contributed by atoms with Gasteiger partial charge in [0.1, 0.15) is 6.29 Å². The summed E-state index contributed by atoms with van der Waals surface area (Å²) < 4.78 is 9.78. The van der Waals surface area contributed by atoms with Gasteiger partial charge in [-0.05, 0) is 67.3 Å². The average Bonchev–Trinajstić information content (AvgIpc) is 3.64. The van der Waals surface area contributed by atoms with Crippen LogP contribution in [-0.2, 0) is 9.59 Å². The molecule has 0 fully saturated rings. The van der Waals surface area contributed by atoms with E-state index in [4.69, 9.17) is 14.6 Å². The molecule has 2 aliphatic carbocycles. The molecule has 0 aliphatic heterocycles. The van der Waals surface area contributed by atoms with Crippen molar-refractivity contribution in [2.45, 2.75) is 19.8 Å². The van der Waals surface area contributed by atoms with Crippen LogP contribution in [0.15, 0.2) is 90.1 Å². The summed E-state index contributed by atoms with van der Waals surface area (Å²) >= 11 is 0. The van der Waals surface area contributed by atoms with Gasteiger partial charge in [0.15, 0.2) is 34.6 Å². The number of ketones is 2. The van der Waals surface area contributed by atoms with Crippen molar-refractivity contribution in [1.29, 1.82) is 0 Å². The third-order valence-corrected chi connectivity index (χ3v) is 5.28. The van der Waals surface area contributed by atoms with Crippen LogP contribution in [0.1, 0.15) is 35.7 Å². The van der Waals surface area contributed by atoms with Crippen LogP contribution in [0.4, 0.5) is 0 Å². The molecule has 2 aliphatic rings. The maximum Gasteiger partial charge on any atom is 0.182 e. The molecule has 0 atom stereocenters. The summed E-state index contributed by atoms with van der Waals surface area (Å²) in [5.74, 6) is 1.03. The van der Waals surface area contributed by atoms with Crippen molar-refractivity contribution in [2.24, 2.45) is 0 Å². The van der Waals surface area contributed by atoms with Gasteiger partial charge < -0.3 is 19.7 Å². The normalized spacial score (nSPS) is 13.1. The van der Waals surface area contributed by atoms with Crippen molar-refractivity contribution in [3.63, 3.8) is 0 Å². The summed E-state index contributed by atoms with van der Waals surface area (Å²) in [4.78, 5) is 32.6. The first-order chi connectivity index (χ1) is 17.8. The van der Waals surface area contributed by atoms with Crippen LogP contribution in [0.5, 0.6) is 23.0 Å². The number of Topliss-reactive ketones (excluding diaryl/α,β-unsaturated/α-hetero) is 1. The predicted molar refractivity (Wildman–Crippen MR) is 143 cm³/mol. The van der Waals surface area contributed by atoms with Crippen molar-refractivity contribution in [3.05, 3.63) is 101 Å². The number of carbonyl (C=O) groups excluding carboxylic acids is 3. The van der Waals surface area contributed by atoms with Crippen molar-refractivity contribution >= 4 is 23.9 Å². The molecule has 0 unspecified atom stereocenters. The van der Waals surface area contributed by atoms with Crippen LogP contribution in [0.2, 0.25) is 0 Å². The topological polar surface area (TPSA) is 110 Å². The Hall–Kier alpha value is -4.65. The number of carbonyl (C=O) groups is 3. The fourth-order valence-electron chi connectivity index (χ4n) is 3.18. The SMILES string of the molecule is CC(=O)C1=CC=CC1.COc1cc(/C=C/C(=O)C2=CC=CC2)ccc1O.COc1cc(C=O)ccc1O. The molecule has 0 bridgehead atoms. The minimum absolute atomic E-state index is 0.00652. The van der Waals surface area contributed by atoms with E-state index >= 15 is 0 Å². The van der Waals surface area contributed by atoms with Crippen molar-refractivity contribution < 1.29 is 34.1 Å². The Kier molecular flexibility index (Phi) is 11.3. The van der Waals surface area contributed by atoms with E-state index in [-0.39, 0.29) is 23.1 Å². The number of methoxy groups -OCH3 is 2. The number of aldehydes is 1. The fourth-order valence-corrected chi connectivity index (χ4v) is 3.18. The maximum atomic E-state index is 11.8. The van der Waals surface area contributed by atoms with Gasteiger partial charge in [0, 0.05) is 11.1 Å². The van der Waals surface area contributed by atoms with Gasteiger partial charge in [-0.3, -0.25) is 14.4 Å². The molecule has 4 rings (SSSR count). The van der Waals surface area contributed by atoms with E-state index in [0.717, 1.165) is 23.1 Å². The lowest BCUT2D eigenvalue weighted by molar-refractivity contribution is -0.113. The number of phenols is 2. The highest BCUT2D eigenvalue weighted by atomic mass is 16.5. The molecule has 7 heteroatoms. The van der Waals surface area contributed by atoms with E-state index in [0.29, 0.717) is 29.8 Å². The van der Waals surface area contributed by atoms with Crippen LogP contribution in [0, 0.1) is 0 Å². The minimum Gasteiger partial charge on any atom is -0.504 e. The third kappa shape index (κ3) is 9.14. The van der Waals surface area contributed by atoms with Crippen LogP contribution in [0.25, 0.3) is 6.08 Å². The summed E-state index contributed by atoms with van der Waals surface area (Å²) in [7, 11) is 2.92. The lowest BCUT2D eigenvalue weighted by Gasteiger charge is -2.03. The van der Waals surface area contributed by atoms with Crippen molar-refractivity contribution in [3.8, 4) is 23.0 Å². The van der Waals surface area contributed by atoms with Crippen LogP contribution in [-0.4, -0.2) is 42.3 Å². The molecule has 0 radical (unpaired) electrons. The Balaban J connectivity index is 0.000000215. The van der Waals surface area contributed by atoms with Gasteiger partial charge in [0.25, 0.3) is 0 Å². The van der Waals surface area contributed by atoms with E-state index in [2.05, 4.69) is 0 Å². The largest absolute Gasteiger partial charge is 0.504 e. The molecule has 0 heterocycles. The summed E-state index contributed by atoms with van der Waals surface area (Å²) in [6.07, 6.45) is 16.9. The number of rotatable bonds is 7. The summed E-state index contributed by atoms with van der Waals surface area (Å²) in [5.41, 5.74) is 3.01. The van der Waals surface area contributed by atoms with E-state index in [1.54, 1.807) is 31.2 Å². The Morgan fingerprint density at radius 2 is 1.32 bits per heavy atom. The Labute approximate surface area is 216 Å². The standard InChI is InChI=1S/C15H14O3.C8H8O3.C7H8O/c1-18-15-10-11(7-9-14(15)17)6-8-13(16)12-4-2-3-5-12;1-11-8-4-6(5-9)2-3-7(8)10;1-6(8)7-4-2-3-5-7/h2-4,6-10,17H,5H2,1H3;2-5,10H,1H3;2-4H,5H2,1H3/b8-6+;;. The van der Waals surface area contributed by atoms with Crippen LogP contribution in [0.3, 0.4) is 0 Å². The Bertz CT molecular complexity index is 1280. The molecule has 0 spiro atoms. The summed E-state index contributed by atoms with van der Waals surface area (Å²) in [5, 5.41) is 18.5. The second-order valence-corrected chi connectivity index (χ2v) is 7.88. The van der Waals surface area contributed by atoms with E-state index in [1.807, 2.05) is 36.5 Å². The van der Waals surface area contributed by atoms with E-state index in [1.165, 1.54) is 38.5 Å². The summed E-state index contributed by atoms with van der Waals surface area (Å²) in [6, 6.07) is 9.36. The second-order valence-electron chi connectivity index (χ2n) is 7.88. The molecule has 37 heavy (non-hydrogen) atoms. The minimum atomic E-state index is 0.00652. The molecule has 2 N–H and O–H groups in total. The zero-order valence-corrected chi connectivity index (χ0v) is 21.0. The van der Waals surface area contributed by atoms with Gasteiger partial charge in [-0.1, -0.05) is 48.6 Å². The number of phenolic OH excluding ortho intramolecular Hbond substituents is 2. The zero-order valence-electron chi connectivity index (χ0n) is 21.0. The highest BCUT2D eigenvalue weighted by Crippen LogP contribution is 2.27. The van der Waals surface area contributed by atoms with Crippen molar-refractivity contribution in [1.82, 2.24) is 0 Å². The maximum absolute atomic E-state index is 11.8. The van der Waals surface area contributed by atoms with Gasteiger partial charge in [-0.15, -0.1) is 0 Å². The van der Waals surface area contributed by atoms with Gasteiger partial charge in [-0.25, -0.2) is 0 Å². The lowest BCUT2D eigenvalue weighted by atomic mass is 10.1. The van der Waals surface area contributed by atoms with Gasteiger partial charge in [-0.2, -0.15) is 0 Å². The third-order valence-electron chi connectivity index (χ3n) is 5.28. The van der Waals surface area contributed by atoms with E-state index < -0.39 is 0 Å². The molecule has 0 aromatic heterocycles. The van der Waals surface area contributed by atoms with Gasteiger partial charge >= 0.3 is 0 Å². The van der Waals surface area contributed by atoms with Crippen molar-refractivity contribution in [2.75, 3.05) is 14.2 Å². The molecule has 0 saturated heterocycles. The number of ether oxygens (including phenoxy) is 2. The van der Waals surface area contributed by atoms with Gasteiger partial charge in [0.2, 0.25) is 0 Å². The highest BCUT2D eigenvalue weighted by molar-refractivity contribution is 6.07. The number of hydrogen-bond donors (Lipinski definition) is 2. The first-order valence-electron chi connectivity index (χ1n) is 11.4. The molecule has 192 valence electrons. The average molecular weight is 503 g/mol. The smallest absolute Gasteiger partial charge is 0.182 e. The van der Waals surface area contributed by atoms with Crippen LogP contribution >= 0.6 is 0 Å². The number of benzene rings is 2. The van der Waals surface area contributed by atoms with E-state index in [9.17, 15) is 19.5 Å². The summed E-state index contributed by atoms with van der Waals surface area (Å²) in [6.45, 7) is 1.60. The number of allylic oxidation sites excluding steroid dienone is 9. The van der Waals surface area contributed by atoms with Crippen LogP contribution < -0.4 is 9.47 Å². The monoisotopic (exact) mass is 502 g/mol. The molecule has 2 aromatic rings. The Morgan fingerprint density at radius 3 is 1.76 bits per heavy atom.